The number of unbranched alkanes of at least 4 members (excludes halogenated alkanes) is 3. The molecule has 19 heavy (non-hydrogen) atoms. The molecule has 4 heteroatoms. The van der Waals surface area contributed by atoms with E-state index in [4.69, 9.17) is 9.84 Å². The second kappa shape index (κ2) is 11.5. The molecular formula is C15H24O4. The molecule has 0 atom stereocenters. The molecular weight excluding hydrogens is 244 g/mol. The van der Waals surface area contributed by atoms with Gasteiger partial charge in [0.15, 0.2) is 0 Å². The van der Waals surface area contributed by atoms with Crippen molar-refractivity contribution in [3.8, 4) is 0 Å². The fourth-order valence-electron chi connectivity index (χ4n) is 1.71. The molecule has 0 unspecified atom stereocenters. The number of aliphatic carboxylic acids is 1. The van der Waals surface area contributed by atoms with Crippen LogP contribution in [0.2, 0.25) is 0 Å². The summed E-state index contributed by atoms with van der Waals surface area (Å²) in [5, 5.41) is 8.47. The van der Waals surface area contributed by atoms with E-state index in [0.717, 1.165) is 19.3 Å². The van der Waals surface area contributed by atoms with Crippen LogP contribution in [0.15, 0.2) is 25.3 Å². The van der Waals surface area contributed by atoms with Crippen molar-refractivity contribution in [1.29, 1.82) is 0 Å². The third kappa shape index (κ3) is 11.3. The van der Waals surface area contributed by atoms with Crippen LogP contribution in [0.4, 0.5) is 0 Å². The maximum Gasteiger partial charge on any atom is 0.306 e. The number of carboxylic acid groups (broad SMARTS) is 1. The number of rotatable bonds is 12. The predicted molar refractivity (Wildman–Crippen MR) is 74.8 cm³/mol. The average molecular weight is 268 g/mol. The van der Waals surface area contributed by atoms with Crippen LogP contribution in [0.1, 0.15) is 51.4 Å². The third-order valence-electron chi connectivity index (χ3n) is 2.68. The highest BCUT2D eigenvalue weighted by atomic mass is 16.5. The lowest BCUT2D eigenvalue weighted by Crippen LogP contribution is -2.16. The Hall–Kier alpha value is -1.58. The van der Waals surface area contributed by atoms with E-state index in [9.17, 15) is 9.59 Å². The van der Waals surface area contributed by atoms with Crippen LogP contribution in [0.25, 0.3) is 0 Å². The molecule has 0 amide bonds. The summed E-state index contributed by atoms with van der Waals surface area (Å²) in [7, 11) is 0. The van der Waals surface area contributed by atoms with E-state index >= 15 is 0 Å². The molecule has 1 N–H and O–H groups in total. The first kappa shape index (κ1) is 17.4. The number of esters is 1. The molecule has 0 bridgehead atoms. The summed E-state index contributed by atoms with van der Waals surface area (Å²) in [5.41, 5.74) is 0. The van der Waals surface area contributed by atoms with Crippen LogP contribution in [0, 0.1) is 0 Å². The van der Waals surface area contributed by atoms with E-state index in [0.29, 0.717) is 25.7 Å². The molecule has 0 fully saturated rings. The Morgan fingerprint density at radius 1 is 1.00 bits per heavy atom. The molecule has 0 aromatic heterocycles. The van der Waals surface area contributed by atoms with Crippen molar-refractivity contribution in [2.75, 3.05) is 0 Å². The van der Waals surface area contributed by atoms with Gasteiger partial charge in [-0.15, -0.1) is 13.2 Å². The average Bonchev–Trinajstić information content (AvgIpc) is 2.34. The molecule has 0 aromatic carbocycles. The van der Waals surface area contributed by atoms with Crippen molar-refractivity contribution in [3.05, 3.63) is 25.3 Å². The van der Waals surface area contributed by atoms with E-state index in [2.05, 4.69) is 13.2 Å². The Bertz CT molecular complexity index is 287. The van der Waals surface area contributed by atoms with E-state index in [1.165, 1.54) is 0 Å². The van der Waals surface area contributed by atoms with Crippen molar-refractivity contribution in [2.24, 2.45) is 0 Å². The number of hydrogen-bond acceptors (Lipinski definition) is 3. The maximum absolute atomic E-state index is 11.6. The number of carbonyl (C=O) groups excluding carboxylic acids is 1. The second-order valence-electron chi connectivity index (χ2n) is 4.47. The van der Waals surface area contributed by atoms with Gasteiger partial charge in [-0.3, -0.25) is 9.59 Å². The molecule has 0 spiro atoms. The van der Waals surface area contributed by atoms with E-state index in [-0.39, 0.29) is 18.5 Å². The molecule has 0 aliphatic rings. The standard InChI is InChI=1S/C15H24O4/c1-3-9-13(10-4-2)19-15(18)12-8-6-5-7-11-14(16)17/h3-4,13H,1-2,5-12H2,(H,16,17). The van der Waals surface area contributed by atoms with Gasteiger partial charge in [0.2, 0.25) is 0 Å². The quantitative estimate of drug-likeness (QED) is 0.334. The first-order chi connectivity index (χ1) is 9.10. The molecule has 0 radical (unpaired) electrons. The monoisotopic (exact) mass is 268 g/mol. The minimum absolute atomic E-state index is 0.158. The summed E-state index contributed by atoms with van der Waals surface area (Å²) in [6.45, 7) is 7.25. The lowest BCUT2D eigenvalue weighted by atomic mass is 10.1. The van der Waals surface area contributed by atoms with Gasteiger partial charge in [-0.1, -0.05) is 25.0 Å². The van der Waals surface area contributed by atoms with Gasteiger partial charge in [-0.25, -0.2) is 0 Å². The Morgan fingerprint density at radius 2 is 1.53 bits per heavy atom. The van der Waals surface area contributed by atoms with Crippen molar-refractivity contribution in [3.63, 3.8) is 0 Å². The summed E-state index contributed by atoms with van der Waals surface area (Å²) >= 11 is 0. The van der Waals surface area contributed by atoms with Gasteiger partial charge in [0.25, 0.3) is 0 Å². The highest BCUT2D eigenvalue weighted by Gasteiger charge is 2.11. The first-order valence-electron chi connectivity index (χ1n) is 6.73. The maximum atomic E-state index is 11.6. The number of carboxylic acids is 1. The Morgan fingerprint density at radius 3 is 2.00 bits per heavy atom. The zero-order valence-corrected chi connectivity index (χ0v) is 11.5. The SMILES string of the molecule is C=CCC(CC=C)OC(=O)CCCCCCC(=O)O. The summed E-state index contributed by atoms with van der Waals surface area (Å²) in [6, 6.07) is 0. The molecule has 0 heterocycles. The van der Waals surface area contributed by atoms with Crippen molar-refractivity contribution in [2.45, 2.75) is 57.5 Å². The highest BCUT2D eigenvalue weighted by Crippen LogP contribution is 2.10. The molecule has 0 aliphatic carbocycles. The highest BCUT2D eigenvalue weighted by molar-refractivity contribution is 5.69. The lowest BCUT2D eigenvalue weighted by Gasteiger charge is -2.14. The number of hydrogen-bond donors (Lipinski definition) is 1. The Kier molecular flexibility index (Phi) is 10.6. The third-order valence-corrected chi connectivity index (χ3v) is 2.68. The van der Waals surface area contributed by atoms with Gasteiger partial charge >= 0.3 is 11.9 Å². The summed E-state index contributed by atoms with van der Waals surface area (Å²) in [4.78, 5) is 21.9. The normalized spacial score (nSPS) is 10.2. The molecule has 0 saturated heterocycles. The molecule has 0 saturated carbocycles. The zero-order chi connectivity index (χ0) is 14.5. The summed E-state index contributed by atoms with van der Waals surface area (Å²) < 4.78 is 5.30. The van der Waals surface area contributed by atoms with E-state index < -0.39 is 5.97 Å². The lowest BCUT2D eigenvalue weighted by molar-refractivity contribution is -0.149. The fourth-order valence-corrected chi connectivity index (χ4v) is 1.71. The number of ether oxygens (including phenoxy) is 1. The van der Waals surface area contributed by atoms with Gasteiger partial charge in [-0.05, 0) is 12.8 Å². The smallest absolute Gasteiger partial charge is 0.306 e. The Labute approximate surface area is 115 Å². The second-order valence-corrected chi connectivity index (χ2v) is 4.47. The fraction of sp³-hybridized carbons (Fsp3) is 0.600. The van der Waals surface area contributed by atoms with Crippen LogP contribution in [-0.4, -0.2) is 23.1 Å². The summed E-state index contributed by atoms with van der Waals surface area (Å²) in [6.07, 6.45) is 8.26. The minimum Gasteiger partial charge on any atom is -0.481 e. The molecule has 108 valence electrons. The first-order valence-corrected chi connectivity index (χ1v) is 6.73. The minimum atomic E-state index is -0.767. The van der Waals surface area contributed by atoms with Crippen molar-refractivity contribution < 1.29 is 19.4 Å². The van der Waals surface area contributed by atoms with E-state index in [1.54, 1.807) is 12.2 Å². The largest absolute Gasteiger partial charge is 0.481 e. The molecule has 0 aromatic rings. The van der Waals surface area contributed by atoms with Gasteiger partial charge in [-0.2, -0.15) is 0 Å². The Balaban J connectivity index is 3.64. The molecule has 0 rings (SSSR count). The van der Waals surface area contributed by atoms with Gasteiger partial charge in [0.1, 0.15) is 6.10 Å². The van der Waals surface area contributed by atoms with Crippen molar-refractivity contribution >= 4 is 11.9 Å². The van der Waals surface area contributed by atoms with Crippen LogP contribution in [0.5, 0.6) is 0 Å². The van der Waals surface area contributed by atoms with Crippen LogP contribution in [-0.2, 0) is 14.3 Å². The topological polar surface area (TPSA) is 63.6 Å². The van der Waals surface area contributed by atoms with Crippen molar-refractivity contribution in [1.82, 2.24) is 0 Å². The van der Waals surface area contributed by atoms with E-state index in [1.807, 2.05) is 0 Å². The van der Waals surface area contributed by atoms with Gasteiger partial charge in [0.05, 0.1) is 0 Å². The van der Waals surface area contributed by atoms with Crippen LogP contribution in [0.3, 0.4) is 0 Å². The molecule has 4 nitrogen and oxygen atoms in total. The molecule has 0 aliphatic heterocycles. The van der Waals surface area contributed by atoms with Gasteiger partial charge in [0, 0.05) is 25.7 Å². The predicted octanol–water partition coefficient (Wildman–Crippen LogP) is 3.48. The zero-order valence-electron chi connectivity index (χ0n) is 11.5. The van der Waals surface area contributed by atoms with Crippen LogP contribution < -0.4 is 0 Å². The summed E-state index contributed by atoms with van der Waals surface area (Å²) in [5.74, 6) is -0.969. The van der Waals surface area contributed by atoms with Gasteiger partial charge < -0.3 is 9.84 Å². The number of carbonyl (C=O) groups is 2. The van der Waals surface area contributed by atoms with Crippen LogP contribution >= 0.6 is 0 Å².